The highest BCUT2D eigenvalue weighted by atomic mass is 32.2. The van der Waals surface area contributed by atoms with Crippen molar-refractivity contribution in [3.05, 3.63) is 60.2 Å². The number of sulfonamides is 1. The fourth-order valence-electron chi connectivity index (χ4n) is 3.29. The Labute approximate surface area is 167 Å². The van der Waals surface area contributed by atoms with Gasteiger partial charge in [0.1, 0.15) is 0 Å². The van der Waals surface area contributed by atoms with E-state index in [0.29, 0.717) is 36.7 Å². The maximum atomic E-state index is 12.9. The van der Waals surface area contributed by atoms with E-state index < -0.39 is 10.0 Å². The lowest BCUT2D eigenvalue weighted by Gasteiger charge is -2.30. The molecule has 1 fully saturated rings. The van der Waals surface area contributed by atoms with E-state index in [-0.39, 0.29) is 11.8 Å². The molecule has 1 aliphatic heterocycles. The van der Waals surface area contributed by atoms with E-state index in [2.05, 4.69) is 24.7 Å². The number of hydrogen-bond donors (Lipinski definition) is 2. The van der Waals surface area contributed by atoms with E-state index >= 15 is 0 Å². The van der Waals surface area contributed by atoms with Gasteiger partial charge in [0.15, 0.2) is 0 Å². The second-order valence-corrected chi connectivity index (χ2v) is 9.32. The molecule has 1 heterocycles. The quantitative estimate of drug-likeness (QED) is 0.728. The number of carbonyl (C=O) groups excluding carboxylic acids is 1. The van der Waals surface area contributed by atoms with E-state index in [9.17, 15) is 13.2 Å². The number of hydrogen-bond acceptors (Lipinski definition) is 4. The summed E-state index contributed by atoms with van der Waals surface area (Å²) in [5, 5.41) is 0. The summed E-state index contributed by atoms with van der Waals surface area (Å²) >= 11 is 0. The summed E-state index contributed by atoms with van der Waals surface area (Å²) < 4.78 is 27.2. The second kappa shape index (κ2) is 8.75. The zero-order valence-corrected chi connectivity index (χ0v) is 17.1. The Kier molecular flexibility index (Phi) is 6.36. The number of amides is 1. The van der Waals surface area contributed by atoms with E-state index in [1.54, 1.807) is 12.1 Å². The lowest BCUT2D eigenvalue weighted by molar-refractivity contribution is -0.125. The van der Waals surface area contributed by atoms with Gasteiger partial charge in [-0.3, -0.25) is 15.6 Å². The molecule has 0 aliphatic carbocycles. The number of hydrazine groups is 1. The van der Waals surface area contributed by atoms with Gasteiger partial charge in [0, 0.05) is 19.0 Å². The summed E-state index contributed by atoms with van der Waals surface area (Å²) in [5.74, 6) is 0.0451. The molecular weight excluding hydrogens is 374 g/mol. The summed E-state index contributed by atoms with van der Waals surface area (Å²) in [6, 6.07) is 16.5. The molecule has 0 bridgehead atoms. The van der Waals surface area contributed by atoms with Crippen LogP contribution in [0.1, 0.15) is 38.2 Å². The molecule has 2 aromatic rings. The predicted octanol–water partition coefficient (Wildman–Crippen LogP) is 3.35. The molecule has 1 amide bonds. The van der Waals surface area contributed by atoms with Crippen LogP contribution in [0.25, 0.3) is 0 Å². The van der Waals surface area contributed by atoms with Crippen LogP contribution in [-0.2, 0) is 14.8 Å². The number of para-hydroxylation sites is 1. The number of benzene rings is 2. The Balaban J connectivity index is 1.55. The van der Waals surface area contributed by atoms with E-state index in [4.69, 9.17) is 0 Å². The zero-order chi connectivity index (χ0) is 20.1. The Morgan fingerprint density at radius 2 is 1.61 bits per heavy atom. The zero-order valence-electron chi connectivity index (χ0n) is 16.3. The minimum atomic E-state index is -3.52. The van der Waals surface area contributed by atoms with E-state index in [0.717, 1.165) is 11.3 Å². The lowest BCUT2D eigenvalue weighted by atomic mass is 9.98. The summed E-state index contributed by atoms with van der Waals surface area (Å²) in [7, 11) is -3.52. The smallest absolute Gasteiger partial charge is 0.243 e. The topological polar surface area (TPSA) is 78.5 Å². The Morgan fingerprint density at radius 1 is 1.00 bits per heavy atom. The Morgan fingerprint density at radius 3 is 2.18 bits per heavy atom. The van der Waals surface area contributed by atoms with Crippen molar-refractivity contribution in [1.29, 1.82) is 0 Å². The first-order valence-electron chi connectivity index (χ1n) is 9.59. The highest BCUT2D eigenvalue weighted by molar-refractivity contribution is 7.89. The first-order valence-corrected chi connectivity index (χ1v) is 11.0. The van der Waals surface area contributed by atoms with Gasteiger partial charge in [-0.15, -0.1) is 0 Å². The molecule has 6 nitrogen and oxygen atoms in total. The van der Waals surface area contributed by atoms with E-state index in [1.807, 2.05) is 42.5 Å². The fraction of sp³-hybridized carbons (Fsp3) is 0.381. The van der Waals surface area contributed by atoms with Crippen LogP contribution in [-0.4, -0.2) is 31.7 Å². The molecule has 2 aromatic carbocycles. The van der Waals surface area contributed by atoms with Crippen LogP contribution in [0, 0.1) is 5.92 Å². The average molecular weight is 402 g/mol. The van der Waals surface area contributed by atoms with Crippen molar-refractivity contribution in [3.63, 3.8) is 0 Å². The van der Waals surface area contributed by atoms with Gasteiger partial charge in [0.25, 0.3) is 0 Å². The van der Waals surface area contributed by atoms with E-state index in [1.165, 1.54) is 4.31 Å². The van der Waals surface area contributed by atoms with Crippen molar-refractivity contribution in [2.45, 2.75) is 37.5 Å². The second-order valence-electron chi connectivity index (χ2n) is 7.38. The van der Waals surface area contributed by atoms with Gasteiger partial charge in [-0.05, 0) is 48.6 Å². The first-order chi connectivity index (χ1) is 13.4. The number of nitrogens with zero attached hydrogens (tertiary/aromatic N) is 1. The molecule has 1 aliphatic rings. The normalized spacial score (nSPS) is 16.1. The maximum absolute atomic E-state index is 12.9. The number of rotatable bonds is 6. The van der Waals surface area contributed by atoms with Crippen molar-refractivity contribution in [2.75, 3.05) is 18.5 Å². The van der Waals surface area contributed by atoms with Gasteiger partial charge < -0.3 is 0 Å². The van der Waals surface area contributed by atoms with Crippen LogP contribution in [0.2, 0.25) is 0 Å². The predicted molar refractivity (Wildman–Crippen MR) is 110 cm³/mol. The molecule has 0 radical (unpaired) electrons. The highest BCUT2D eigenvalue weighted by Crippen LogP contribution is 2.25. The third kappa shape index (κ3) is 4.72. The molecule has 0 saturated carbocycles. The lowest BCUT2D eigenvalue weighted by Crippen LogP contribution is -2.44. The number of carbonyl (C=O) groups is 1. The monoisotopic (exact) mass is 401 g/mol. The van der Waals surface area contributed by atoms with Crippen molar-refractivity contribution >= 4 is 21.6 Å². The van der Waals surface area contributed by atoms with Gasteiger partial charge >= 0.3 is 0 Å². The molecule has 0 aromatic heterocycles. The minimum Gasteiger partial charge on any atom is -0.299 e. The van der Waals surface area contributed by atoms with Crippen LogP contribution in [0.5, 0.6) is 0 Å². The molecular formula is C21H27N3O3S. The fourth-order valence-corrected chi connectivity index (χ4v) is 4.76. The van der Waals surface area contributed by atoms with Crippen molar-refractivity contribution < 1.29 is 13.2 Å². The standard InChI is InChI=1S/C21H27N3O3S/c1-16(2)17-8-10-20(11-9-17)28(26,27)24-14-12-18(13-15-24)21(25)23-22-19-6-4-3-5-7-19/h3-11,16,18,22H,12-15H2,1-2H3,(H,23,25). The molecule has 28 heavy (non-hydrogen) atoms. The summed E-state index contributed by atoms with van der Waals surface area (Å²) in [4.78, 5) is 12.7. The summed E-state index contributed by atoms with van der Waals surface area (Å²) in [5.41, 5.74) is 7.52. The Hall–Kier alpha value is -2.38. The molecule has 2 N–H and O–H groups in total. The van der Waals surface area contributed by atoms with Gasteiger partial charge in [-0.2, -0.15) is 4.31 Å². The molecule has 0 atom stereocenters. The minimum absolute atomic E-state index is 0.109. The van der Waals surface area contributed by atoms with Crippen molar-refractivity contribution in [1.82, 2.24) is 9.73 Å². The molecule has 150 valence electrons. The van der Waals surface area contributed by atoms with Crippen LogP contribution in [0.4, 0.5) is 5.69 Å². The molecule has 0 spiro atoms. The van der Waals surface area contributed by atoms with Crippen LogP contribution >= 0.6 is 0 Å². The largest absolute Gasteiger partial charge is 0.299 e. The van der Waals surface area contributed by atoms with Crippen molar-refractivity contribution in [2.24, 2.45) is 5.92 Å². The third-order valence-electron chi connectivity index (χ3n) is 5.11. The number of nitrogens with one attached hydrogen (secondary N) is 2. The summed E-state index contributed by atoms with van der Waals surface area (Å²) in [6.45, 7) is 4.84. The number of anilines is 1. The molecule has 3 rings (SSSR count). The maximum Gasteiger partial charge on any atom is 0.243 e. The third-order valence-corrected chi connectivity index (χ3v) is 7.03. The van der Waals surface area contributed by atoms with Crippen LogP contribution in [0.15, 0.2) is 59.5 Å². The van der Waals surface area contributed by atoms with Crippen LogP contribution in [0.3, 0.4) is 0 Å². The highest BCUT2D eigenvalue weighted by Gasteiger charge is 2.32. The van der Waals surface area contributed by atoms with Gasteiger partial charge in [0.2, 0.25) is 15.9 Å². The Bertz CT molecular complexity index is 888. The number of piperidine rings is 1. The van der Waals surface area contributed by atoms with Gasteiger partial charge in [-0.1, -0.05) is 44.2 Å². The molecule has 7 heteroatoms. The molecule has 1 saturated heterocycles. The summed E-state index contributed by atoms with van der Waals surface area (Å²) in [6.07, 6.45) is 1.01. The molecule has 0 unspecified atom stereocenters. The van der Waals surface area contributed by atoms with Crippen LogP contribution < -0.4 is 10.9 Å². The SMILES string of the molecule is CC(C)c1ccc(S(=O)(=O)N2CCC(C(=O)NNc3ccccc3)CC2)cc1. The average Bonchev–Trinajstić information content (AvgIpc) is 2.73. The van der Waals surface area contributed by atoms with Gasteiger partial charge in [0.05, 0.1) is 10.6 Å². The van der Waals surface area contributed by atoms with Crippen molar-refractivity contribution in [3.8, 4) is 0 Å². The first kappa shape index (κ1) is 20.4. The van der Waals surface area contributed by atoms with Gasteiger partial charge in [-0.25, -0.2) is 8.42 Å².